The molecule has 1 aromatic heterocycles. The molecule has 1 aliphatic rings. The first-order valence-electron chi connectivity index (χ1n) is 8.50. The van der Waals surface area contributed by atoms with E-state index in [1.165, 1.54) is 22.5 Å². The van der Waals surface area contributed by atoms with E-state index in [1.807, 2.05) is 16.3 Å². The molecule has 0 unspecified atom stereocenters. The Kier molecular flexibility index (Phi) is 5.83. The van der Waals surface area contributed by atoms with Gasteiger partial charge in [0, 0.05) is 32.7 Å². The van der Waals surface area contributed by atoms with Crippen LogP contribution in [0.5, 0.6) is 0 Å². The maximum atomic E-state index is 12.3. The minimum Gasteiger partial charge on any atom is -0.342 e. The number of amides is 2. The monoisotopic (exact) mass is 357 g/mol. The van der Waals surface area contributed by atoms with Crippen LogP contribution in [0.15, 0.2) is 41.8 Å². The highest BCUT2D eigenvalue weighted by Gasteiger charge is 2.21. The lowest BCUT2D eigenvalue weighted by Gasteiger charge is -2.35. The SMILES string of the molecule is Cc1ccccc1CN1CCN(C(=O)CNC(=O)c2cccs2)CC1. The molecule has 1 aliphatic heterocycles. The third-order valence-corrected chi connectivity index (χ3v) is 5.39. The minimum absolute atomic E-state index is 0.0135. The van der Waals surface area contributed by atoms with E-state index in [9.17, 15) is 9.59 Å². The molecule has 0 radical (unpaired) electrons. The number of rotatable bonds is 5. The molecule has 0 saturated carbocycles. The van der Waals surface area contributed by atoms with Gasteiger partial charge in [0.05, 0.1) is 11.4 Å². The second-order valence-electron chi connectivity index (χ2n) is 6.24. The fraction of sp³-hybridized carbons (Fsp3) is 0.368. The summed E-state index contributed by atoms with van der Waals surface area (Å²) in [7, 11) is 0. The molecule has 6 heteroatoms. The Bertz CT molecular complexity index is 722. The third kappa shape index (κ3) is 4.67. The molecule has 3 rings (SSSR count). The van der Waals surface area contributed by atoms with Crippen molar-refractivity contribution in [3.63, 3.8) is 0 Å². The van der Waals surface area contributed by atoms with E-state index in [1.54, 1.807) is 6.07 Å². The van der Waals surface area contributed by atoms with Crippen LogP contribution in [0.2, 0.25) is 0 Å². The maximum absolute atomic E-state index is 12.3. The van der Waals surface area contributed by atoms with Gasteiger partial charge in [0.15, 0.2) is 0 Å². The summed E-state index contributed by atoms with van der Waals surface area (Å²) in [5.74, 6) is -0.193. The van der Waals surface area contributed by atoms with Gasteiger partial charge in [0.1, 0.15) is 0 Å². The average Bonchev–Trinajstić information content (AvgIpc) is 3.17. The van der Waals surface area contributed by atoms with Crippen molar-refractivity contribution in [3.05, 3.63) is 57.8 Å². The molecule has 5 nitrogen and oxygen atoms in total. The summed E-state index contributed by atoms with van der Waals surface area (Å²) in [4.78, 5) is 29.0. The Morgan fingerprint density at radius 1 is 1.08 bits per heavy atom. The average molecular weight is 357 g/mol. The van der Waals surface area contributed by atoms with Gasteiger partial charge in [-0.15, -0.1) is 11.3 Å². The Balaban J connectivity index is 1.43. The lowest BCUT2D eigenvalue weighted by Crippen LogP contribution is -2.50. The maximum Gasteiger partial charge on any atom is 0.261 e. The molecule has 132 valence electrons. The Labute approximate surface area is 152 Å². The summed E-state index contributed by atoms with van der Waals surface area (Å²) in [6, 6.07) is 12.0. The van der Waals surface area contributed by atoms with Crippen LogP contribution in [0.4, 0.5) is 0 Å². The van der Waals surface area contributed by atoms with Crippen LogP contribution >= 0.6 is 11.3 Å². The van der Waals surface area contributed by atoms with Gasteiger partial charge in [-0.05, 0) is 29.5 Å². The van der Waals surface area contributed by atoms with Gasteiger partial charge in [-0.25, -0.2) is 0 Å². The second-order valence-corrected chi connectivity index (χ2v) is 7.19. The van der Waals surface area contributed by atoms with Crippen LogP contribution < -0.4 is 5.32 Å². The second kappa shape index (κ2) is 8.27. The standard InChI is InChI=1S/C19H23N3O2S/c1-15-5-2-3-6-16(15)14-21-8-10-22(11-9-21)18(23)13-20-19(24)17-7-4-12-25-17/h2-7,12H,8-11,13-14H2,1H3,(H,20,24). The number of carbonyl (C=O) groups is 2. The van der Waals surface area contributed by atoms with E-state index in [-0.39, 0.29) is 18.4 Å². The first kappa shape index (κ1) is 17.6. The predicted octanol–water partition coefficient (Wildman–Crippen LogP) is 2.13. The molecule has 25 heavy (non-hydrogen) atoms. The summed E-state index contributed by atoms with van der Waals surface area (Å²) in [5, 5.41) is 4.56. The first-order valence-corrected chi connectivity index (χ1v) is 9.38. The summed E-state index contributed by atoms with van der Waals surface area (Å²) in [6.45, 7) is 6.25. The molecule has 0 atom stereocenters. The molecule has 1 N–H and O–H groups in total. The van der Waals surface area contributed by atoms with Gasteiger partial charge in [-0.2, -0.15) is 0 Å². The van der Waals surface area contributed by atoms with Gasteiger partial charge in [-0.3, -0.25) is 14.5 Å². The number of carbonyl (C=O) groups excluding carboxylic acids is 2. The van der Waals surface area contributed by atoms with Crippen molar-refractivity contribution in [2.45, 2.75) is 13.5 Å². The van der Waals surface area contributed by atoms with Gasteiger partial charge in [-0.1, -0.05) is 30.3 Å². The normalized spacial score (nSPS) is 15.2. The zero-order valence-corrected chi connectivity index (χ0v) is 15.2. The Morgan fingerprint density at radius 2 is 1.84 bits per heavy atom. The predicted molar refractivity (Wildman–Crippen MR) is 99.7 cm³/mol. The number of piperazine rings is 1. The van der Waals surface area contributed by atoms with Gasteiger partial charge in [0.25, 0.3) is 5.91 Å². The van der Waals surface area contributed by atoms with Crippen molar-refractivity contribution in [2.75, 3.05) is 32.7 Å². The van der Waals surface area contributed by atoms with Crippen LogP contribution in [0.25, 0.3) is 0 Å². The number of nitrogens with zero attached hydrogens (tertiary/aromatic N) is 2. The van der Waals surface area contributed by atoms with Crippen molar-refractivity contribution in [2.24, 2.45) is 0 Å². The van der Waals surface area contributed by atoms with E-state index in [4.69, 9.17) is 0 Å². The largest absolute Gasteiger partial charge is 0.342 e. The lowest BCUT2D eigenvalue weighted by atomic mass is 10.1. The Morgan fingerprint density at radius 3 is 2.52 bits per heavy atom. The smallest absolute Gasteiger partial charge is 0.261 e. The molecule has 2 aromatic rings. The Hall–Kier alpha value is -2.18. The zero-order chi connectivity index (χ0) is 17.6. The lowest BCUT2D eigenvalue weighted by molar-refractivity contribution is -0.131. The molecule has 0 bridgehead atoms. The number of benzene rings is 1. The van der Waals surface area contributed by atoms with E-state index < -0.39 is 0 Å². The first-order chi connectivity index (χ1) is 12.1. The molecular weight excluding hydrogens is 334 g/mol. The highest BCUT2D eigenvalue weighted by molar-refractivity contribution is 7.12. The van der Waals surface area contributed by atoms with Gasteiger partial charge < -0.3 is 10.2 Å². The van der Waals surface area contributed by atoms with Crippen LogP contribution in [-0.2, 0) is 11.3 Å². The van der Waals surface area contributed by atoms with Crippen LogP contribution in [0.3, 0.4) is 0 Å². The molecule has 0 aliphatic carbocycles. The number of nitrogens with one attached hydrogen (secondary N) is 1. The molecule has 1 fully saturated rings. The number of aryl methyl sites for hydroxylation is 1. The van der Waals surface area contributed by atoms with Crippen molar-refractivity contribution >= 4 is 23.2 Å². The van der Waals surface area contributed by atoms with Gasteiger partial charge in [0.2, 0.25) is 5.91 Å². The molecule has 1 saturated heterocycles. The fourth-order valence-electron chi connectivity index (χ4n) is 2.95. The number of thiophene rings is 1. The van der Waals surface area contributed by atoms with Crippen LogP contribution in [0, 0.1) is 6.92 Å². The van der Waals surface area contributed by atoms with Crippen LogP contribution in [-0.4, -0.2) is 54.3 Å². The van der Waals surface area contributed by atoms with E-state index >= 15 is 0 Å². The number of hydrogen-bond donors (Lipinski definition) is 1. The molecule has 1 aromatic carbocycles. The molecule has 2 amide bonds. The zero-order valence-electron chi connectivity index (χ0n) is 14.4. The highest BCUT2D eigenvalue weighted by Crippen LogP contribution is 2.12. The summed E-state index contributed by atoms with van der Waals surface area (Å²) in [5.41, 5.74) is 2.64. The number of hydrogen-bond acceptors (Lipinski definition) is 4. The fourth-order valence-corrected chi connectivity index (χ4v) is 3.59. The molecule has 0 spiro atoms. The summed E-state index contributed by atoms with van der Waals surface area (Å²) >= 11 is 1.38. The topological polar surface area (TPSA) is 52.6 Å². The van der Waals surface area contributed by atoms with Gasteiger partial charge >= 0.3 is 0 Å². The van der Waals surface area contributed by atoms with E-state index in [2.05, 4.69) is 41.4 Å². The highest BCUT2D eigenvalue weighted by atomic mass is 32.1. The van der Waals surface area contributed by atoms with E-state index in [0.29, 0.717) is 18.0 Å². The third-order valence-electron chi connectivity index (χ3n) is 4.53. The quantitative estimate of drug-likeness (QED) is 0.892. The van der Waals surface area contributed by atoms with Crippen molar-refractivity contribution in [1.29, 1.82) is 0 Å². The van der Waals surface area contributed by atoms with Crippen molar-refractivity contribution in [3.8, 4) is 0 Å². The molecule has 2 heterocycles. The minimum atomic E-state index is -0.179. The van der Waals surface area contributed by atoms with Crippen molar-refractivity contribution in [1.82, 2.24) is 15.1 Å². The molecular formula is C19H23N3O2S. The summed E-state index contributed by atoms with van der Waals surface area (Å²) in [6.07, 6.45) is 0. The van der Waals surface area contributed by atoms with Crippen LogP contribution in [0.1, 0.15) is 20.8 Å². The van der Waals surface area contributed by atoms with E-state index in [0.717, 1.165) is 19.6 Å². The van der Waals surface area contributed by atoms with Crippen molar-refractivity contribution < 1.29 is 9.59 Å². The summed E-state index contributed by atoms with van der Waals surface area (Å²) < 4.78 is 0.